The molecule has 1 aliphatic rings. The van der Waals surface area contributed by atoms with Gasteiger partial charge in [-0.05, 0) is 23.3 Å². The fourth-order valence-corrected chi connectivity index (χ4v) is 3.26. The first kappa shape index (κ1) is 18.8. The van der Waals surface area contributed by atoms with E-state index in [4.69, 9.17) is 0 Å². The van der Waals surface area contributed by atoms with Gasteiger partial charge >= 0.3 is 0 Å². The molecule has 0 fully saturated rings. The number of aliphatic hydroxyl groups excluding tert-OH is 1. The van der Waals surface area contributed by atoms with Crippen LogP contribution >= 0.6 is 0 Å². The SMILES string of the molecule is CC(C)(C)C(=O)C1=C(O)C(=O)N(Cc2ccccc2)C1c1cccc(F)c1. The van der Waals surface area contributed by atoms with Crippen LogP contribution in [0, 0.1) is 11.2 Å². The van der Waals surface area contributed by atoms with Crippen LogP contribution in [0.15, 0.2) is 65.9 Å². The smallest absolute Gasteiger partial charge is 0.290 e. The highest BCUT2D eigenvalue weighted by atomic mass is 19.1. The number of aliphatic hydroxyl groups is 1. The van der Waals surface area contributed by atoms with E-state index in [0.29, 0.717) is 5.56 Å². The average molecular weight is 367 g/mol. The van der Waals surface area contributed by atoms with Crippen LogP contribution in [0.3, 0.4) is 0 Å². The molecule has 2 aromatic carbocycles. The minimum Gasteiger partial charge on any atom is -0.503 e. The molecule has 2 aromatic rings. The van der Waals surface area contributed by atoms with Gasteiger partial charge in [0.25, 0.3) is 5.91 Å². The maximum atomic E-state index is 13.9. The van der Waals surface area contributed by atoms with Gasteiger partial charge in [-0.1, -0.05) is 63.2 Å². The number of carbonyl (C=O) groups excluding carboxylic acids is 2. The summed E-state index contributed by atoms with van der Waals surface area (Å²) in [5.74, 6) is -1.98. The van der Waals surface area contributed by atoms with Gasteiger partial charge in [-0.2, -0.15) is 0 Å². The Kier molecular flexibility index (Phi) is 4.87. The molecule has 5 heteroatoms. The minimum atomic E-state index is -0.833. The second kappa shape index (κ2) is 6.99. The maximum absolute atomic E-state index is 13.9. The molecule has 1 heterocycles. The minimum absolute atomic E-state index is 0.0223. The third kappa shape index (κ3) is 3.63. The molecule has 0 bridgehead atoms. The summed E-state index contributed by atoms with van der Waals surface area (Å²) >= 11 is 0. The zero-order chi connectivity index (χ0) is 19.8. The molecule has 1 amide bonds. The monoisotopic (exact) mass is 367 g/mol. The van der Waals surface area contributed by atoms with E-state index < -0.39 is 28.9 Å². The number of benzene rings is 2. The number of halogens is 1. The van der Waals surface area contributed by atoms with Gasteiger partial charge < -0.3 is 10.0 Å². The predicted molar refractivity (Wildman–Crippen MR) is 100 cm³/mol. The van der Waals surface area contributed by atoms with Gasteiger partial charge in [0, 0.05) is 12.0 Å². The molecule has 1 N–H and O–H groups in total. The lowest BCUT2D eigenvalue weighted by Gasteiger charge is -2.29. The van der Waals surface area contributed by atoms with Crippen LogP contribution in [0.4, 0.5) is 4.39 Å². The molecule has 0 saturated carbocycles. The Balaban J connectivity index is 2.11. The van der Waals surface area contributed by atoms with Gasteiger partial charge in [-0.15, -0.1) is 0 Å². The van der Waals surface area contributed by atoms with Crippen LogP contribution in [0.25, 0.3) is 0 Å². The van der Waals surface area contributed by atoms with Crippen LogP contribution in [-0.4, -0.2) is 21.7 Å². The van der Waals surface area contributed by atoms with Crippen LogP contribution < -0.4 is 0 Å². The lowest BCUT2D eigenvalue weighted by molar-refractivity contribution is -0.130. The first-order chi connectivity index (χ1) is 12.7. The summed E-state index contributed by atoms with van der Waals surface area (Å²) < 4.78 is 13.9. The second-order valence-corrected chi connectivity index (χ2v) is 7.72. The van der Waals surface area contributed by atoms with Gasteiger partial charge in [0.1, 0.15) is 5.82 Å². The molecular formula is C22H22FNO3. The molecule has 0 radical (unpaired) electrons. The number of carbonyl (C=O) groups is 2. The van der Waals surface area contributed by atoms with Gasteiger partial charge in [-0.3, -0.25) is 9.59 Å². The fourth-order valence-electron chi connectivity index (χ4n) is 3.26. The lowest BCUT2D eigenvalue weighted by Crippen LogP contribution is -2.32. The van der Waals surface area contributed by atoms with E-state index in [1.807, 2.05) is 30.3 Å². The number of hydrogen-bond acceptors (Lipinski definition) is 3. The maximum Gasteiger partial charge on any atom is 0.290 e. The third-order valence-corrected chi connectivity index (χ3v) is 4.59. The topological polar surface area (TPSA) is 57.6 Å². The quantitative estimate of drug-likeness (QED) is 0.875. The largest absolute Gasteiger partial charge is 0.503 e. The summed E-state index contributed by atoms with van der Waals surface area (Å²) in [6.07, 6.45) is 0. The predicted octanol–water partition coefficient (Wildman–Crippen LogP) is 4.34. The summed E-state index contributed by atoms with van der Waals surface area (Å²) in [6, 6.07) is 14.2. The number of rotatable bonds is 4. The summed E-state index contributed by atoms with van der Waals surface area (Å²) in [4.78, 5) is 27.2. The molecule has 140 valence electrons. The van der Waals surface area contributed by atoms with Crippen LogP contribution in [0.5, 0.6) is 0 Å². The highest BCUT2D eigenvalue weighted by Crippen LogP contribution is 2.41. The van der Waals surface area contributed by atoms with Crippen LogP contribution in [0.1, 0.15) is 37.9 Å². The van der Waals surface area contributed by atoms with Crippen molar-refractivity contribution in [3.05, 3.63) is 82.9 Å². The fraction of sp³-hybridized carbons (Fsp3) is 0.273. The van der Waals surface area contributed by atoms with E-state index in [-0.39, 0.29) is 17.9 Å². The summed E-state index contributed by atoms with van der Waals surface area (Å²) in [6.45, 7) is 5.37. The van der Waals surface area contributed by atoms with E-state index in [9.17, 15) is 19.1 Å². The van der Waals surface area contributed by atoms with Crippen LogP contribution in [0.2, 0.25) is 0 Å². The Morgan fingerprint density at radius 3 is 2.37 bits per heavy atom. The van der Waals surface area contributed by atoms with Gasteiger partial charge in [-0.25, -0.2) is 4.39 Å². The van der Waals surface area contributed by atoms with Crippen LogP contribution in [-0.2, 0) is 16.1 Å². The van der Waals surface area contributed by atoms with Crippen molar-refractivity contribution in [1.82, 2.24) is 4.90 Å². The highest BCUT2D eigenvalue weighted by molar-refractivity contribution is 6.10. The van der Waals surface area contributed by atoms with Crippen molar-refractivity contribution in [2.75, 3.05) is 0 Å². The van der Waals surface area contributed by atoms with Gasteiger partial charge in [0.15, 0.2) is 11.5 Å². The molecule has 1 unspecified atom stereocenters. The number of hydrogen-bond donors (Lipinski definition) is 1. The van der Waals surface area contributed by atoms with E-state index >= 15 is 0 Å². The molecule has 1 aliphatic heterocycles. The van der Waals surface area contributed by atoms with Crippen molar-refractivity contribution in [3.8, 4) is 0 Å². The Morgan fingerprint density at radius 2 is 1.78 bits per heavy atom. The number of nitrogens with zero attached hydrogens (tertiary/aromatic N) is 1. The van der Waals surface area contributed by atoms with Crippen molar-refractivity contribution in [1.29, 1.82) is 0 Å². The molecule has 27 heavy (non-hydrogen) atoms. The Bertz CT molecular complexity index is 913. The molecule has 0 saturated heterocycles. The zero-order valence-electron chi connectivity index (χ0n) is 15.6. The first-order valence-corrected chi connectivity index (χ1v) is 8.78. The second-order valence-electron chi connectivity index (χ2n) is 7.72. The van der Waals surface area contributed by atoms with E-state index in [1.54, 1.807) is 26.8 Å². The van der Waals surface area contributed by atoms with Crippen molar-refractivity contribution in [3.63, 3.8) is 0 Å². The third-order valence-electron chi connectivity index (χ3n) is 4.59. The highest BCUT2D eigenvalue weighted by Gasteiger charge is 2.45. The number of Topliss-reactive ketones (excluding diaryl/α,β-unsaturated/α-hetero) is 1. The molecule has 0 aliphatic carbocycles. The standard InChI is InChI=1S/C22H22FNO3/c1-22(2,3)20(26)17-18(15-10-7-11-16(23)12-15)24(21(27)19(17)25)13-14-8-5-4-6-9-14/h4-12,18,25H,13H2,1-3H3. The lowest BCUT2D eigenvalue weighted by atomic mass is 9.82. The molecule has 0 spiro atoms. The normalized spacial score (nSPS) is 17.6. The molecule has 3 rings (SSSR count). The van der Waals surface area contributed by atoms with E-state index in [2.05, 4.69) is 0 Å². The Hall–Kier alpha value is -2.95. The summed E-state index contributed by atoms with van der Waals surface area (Å²) in [5, 5.41) is 10.5. The number of ketones is 1. The Morgan fingerprint density at radius 1 is 1.11 bits per heavy atom. The Labute approximate surface area is 157 Å². The first-order valence-electron chi connectivity index (χ1n) is 8.78. The van der Waals surface area contributed by atoms with E-state index in [0.717, 1.165) is 5.56 Å². The molecule has 4 nitrogen and oxygen atoms in total. The summed E-state index contributed by atoms with van der Waals surface area (Å²) in [5.41, 5.74) is 0.534. The molecule has 1 atom stereocenters. The van der Waals surface area contributed by atoms with E-state index in [1.165, 1.54) is 23.1 Å². The van der Waals surface area contributed by atoms with Crippen molar-refractivity contribution in [2.45, 2.75) is 33.4 Å². The molecular weight excluding hydrogens is 345 g/mol. The van der Waals surface area contributed by atoms with Gasteiger partial charge in [0.2, 0.25) is 0 Å². The molecule has 0 aromatic heterocycles. The van der Waals surface area contributed by atoms with Crippen molar-refractivity contribution >= 4 is 11.7 Å². The van der Waals surface area contributed by atoms with Crippen molar-refractivity contribution < 1.29 is 19.1 Å². The number of amides is 1. The zero-order valence-corrected chi connectivity index (χ0v) is 15.6. The average Bonchev–Trinajstić information content (AvgIpc) is 2.86. The van der Waals surface area contributed by atoms with Crippen molar-refractivity contribution in [2.24, 2.45) is 5.41 Å². The van der Waals surface area contributed by atoms with Gasteiger partial charge in [0.05, 0.1) is 11.6 Å². The summed E-state index contributed by atoms with van der Waals surface area (Å²) in [7, 11) is 0.